The van der Waals surface area contributed by atoms with E-state index < -0.39 is 27.4 Å². The third kappa shape index (κ3) is 1.89. The molecular formula is C10H8FNO4S. The summed E-state index contributed by atoms with van der Waals surface area (Å²) in [5.41, 5.74) is -0.410. The topological polar surface area (TPSA) is 76.4 Å². The van der Waals surface area contributed by atoms with Gasteiger partial charge in [-0.25, -0.2) is 21.6 Å². The number of fused-ring (bicyclic) bond motifs is 1. The lowest BCUT2D eigenvalue weighted by Crippen LogP contribution is -2.09. The van der Waals surface area contributed by atoms with Crippen LogP contribution in [0.4, 0.5) is 4.39 Å². The molecule has 2 aromatic rings. The smallest absolute Gasteiger partial charge is 0.338 e. The predicted molar refractivity (Wildman–Crippen MR) is 59.1 cm³/mol. The van der Waals surface area contributed by atoms with Crippen LogP contribution in [0.2, 0.25) is 0 Å². The molecule has 0 spiro atoms. The van der Waals surface area contributed by atoms with Crippen LogP contribution in [0.15, 0.2) is 24.4 Å². The van der Waals surface area contributed by atoms with Gasteiger partial charge >= 0.3 is 5.97 Å². The van der Waals surface area contributed by atoms with Gasteiger partial charge in [0, 0.05) is 11.6 Å². The van der Waals surface area contributed by atoms with Crippen LogP contribution in [-0.4, -0.2) is 29.7 Å². The van der Waals surface area contributed by atoms with Gasteiger partial charge < -0.3 is 5.11 Å². The normalized spacial score (nSPS) is 11.9. The van der Waals surface area contributed by atoms with Crippen LogP contribution in [0.3, 0.4) is 0 Å². The number of rotatable bonds is 2. The van der Waals surface area contributed by atoms with E-state index in [4.69, 9.17) is 5.11 Å². The molecule has 0 atom stereocenters. The van der Waals surface area contributed by atoms with Crippen molar-refractivity contribution in [1.29, 1.82) is 0 Å². The monoisotopic (exact) mass is 257 g/mol. The minimum Gasteiger partial charge on any atom is -0.478 e. The number of benzene rings is 1. The first-order valence-corrected chi connectivity index (χ1v) is 6.40. The lowest BCUT2D eigenvalue weighted by atomic mass is 10.1. The van der Waals surface area contributed by atoms with E-state index in [0.29, 0.717) is 5.39 Å². The quantitative estimate of drug-likeness (QED) is 0.879. The molecule has 0 aliphatic carbocycles. The van der Waals surface area contributed by atoms with Gasteiger partial charge in [0.2, 0.25) is 10.0 Å². The molecule has 2 rings (SSSR count). The van der Waals surface area contributed by atoms with Gasteiger partial charge in [-0.05, 0) is 18.2 Å². The summed E-state index contributed by atoms with van der Waals surface area (Å²) in [6, 6.07) is 3.42. The van der Waals surface area contributed by atoms with E-state index in [1.165, 1.54) is 12.3 Å². The van der Waals surface area contributed by atoms with Crippen molar-refractivity contribution in [2.45, 2.75) is 0 Å². The highest BCUT2D eigenvalue weighted by molar-refractivity contribution is 7.89. The van der Waals surface area contributed by atoms with Crippen LogP contribution >= 0.6 is 0 Å². The average Bonchev–Trinajstić information content (AvgIpc) is 2.57. The Balaban J connectivity index is 2.86. The number of carboxylic acid groups (broad SMARTS) is 1. The molecule has 0 saturated heterocycles. The van der Waals surface area contributed by atoms with Gasteiger partial charge in [0.05, 0.1) is 17.3 Å². The Labute approximate surface area is 96.1 Å². The summed E-state index contributed by atoms with van der Waals surface area (Å²) >= 11 is 0. The fraction of sp³-hybridized carbons (Fsp3) is 0.100. The zero-order valence-corrected chi connectivity index (χ0v) is 9.53. The fourth-order valence-electron chi connectivity index (χ4n) is 1.58. The van der Waals surface area contributed by atoms with Gasteiger partial charge in [0.1, 0.15) is 5.82 Å². The Morgan fingerprint density at radius 1 is 1.41 bits per heavy atom. The number of halogens is 1. The third-order valence-corrected chi connectivity index (χ3v) is 3.36. The fourth-order valence-corrected chi connectivity index (χ4v) is 2.38. The Morgan fingerprint density at radius 3 is 2.59 bits per heavy atom. The average molecular weight is 257 g/mol. The summed E-state index contributed by atoms with van der Waals surface area (Å²) in [7, 11) is -3.54. The van der Waals surface area contributed by atoms with E-state index in [0.717, 1.165) is 22.4 Å². The first-order valence-electron chi connectivity index (χ1n) is 4.55. The van der Waals surface area contributed by atoms with Gasteiger partial charge in [-0.1, -0.05) is 0 Å². The summed E-state index contributed by atoms with van der Waals surface area (Å²) in [6.45, 7) is 0. The molecule has 0 fully saturated rings. The van der Waals surface area contributed by atoms with E-state index in [1.807, 2.05) is 0 Å². The molecule has 5 nitrogen and oxygen atoms in total. The van der Waals surface area contributed by atoms with Crippen molar-refractivity contribution in [3.05, 3.63) is 35.8 Å². The van der Waals surface area contributed by atoms with Gasteiger partial charge in [-0.15, -0.1) is 0 Å². The highest BCUT2D eigenvalue weighted by Gasteiger charge is 2.16. The summed E-state index contributed by atoms with van der Waals surface area (Å²) in [4.78, 5) is 10.7. The maximum Gasteiger partial charge on any atom is 0.338 e. The zero-order chi connectivity index (χ0) is 12.8. The zero-order valence-electron chi connectivity index (χ0n) is 8.71. The van der Waals surface area contributed by atoms with Crippen LogP contribution in [0.1, 0.15) is 10.4 Å². The molecule has 0 bridgehead atoms. The van der Waals surface area contributed by atoms with Gasteiger partial charge in [-0.2, -0.15) is 0 Å². The molecular weight excluding hydrogens is 249 g/mol. The number of hydrogen-bond acceptors (Lipinski definition) is 3. The number of nitrogens with zero attached hydrogens (tertiary/aromatic N) is 1. The number of carboxylic acids is 1. The van der Waals surface area contributed by atoms with Gasteiger partial charge in [0.25, 0.3) is 0 Å². The maximum absolute atomic E-state index is 13.3. The molecule has 1 heterocycles. The number of aromatic carboxylic acids is 1. The molecule has 1 N–H and O–H groups in total. The molecule has 0 amide bonds. The molecule has 1 aromatic carbocycles. The largest absolute Gasteiger partial charge is 0.478 e. The second-order valence-corrected chi connectivity index (χ2v) is 5.43. The van der Waals surface area contributed by atoms with Crippen LogP contribution in [0.25, 0.3) is 10.9 Å². The highest BCUT2D eigenvalue weighted by Crippen LogP contribution is 2.21. The van der Waals surface area contributed by atoms with E-state index in [9.17, 15) is 17.6 Å². The Kier molecular flexibility index (Phi) is 2.43. The van der Waals surface area contributed by atoms with Crippen molar-refractivity contribution in [1.82, 2.24) is 3.97 Å². The number of carbonyl (C=O) groups is 1. The van der Waals surface area contributed by atoms with Crippen molar-refractivity contribution in [3.63, 3.8) is 0 Å². The Morgan fingerprint density at radius 2 is 2.06 bits per heavy atom. The molecule has 1 aromatic heterocycles. The summed E-state index contributed by atoms with van der Waals surface area (Å²) < 4.78 is 37.0. The standard InChI is InChI=1S/C10H8FNO4S/c1-17(15,16)12-3-2-6-4-8(11)7(10(13)14)5-9(6)12/h2-5H,1H3,(H,13,14). The first-order chi connectivity index (χ1) is 7.80. The summed E-state index contributed by atoms with van der Waals surface area (Å²) in [5.74, 6) is -2.33. The first kappa shape index (κ1) is 11.6. The van der Waals surface area contributed by atoms with Crippen LogP contribution < -0.4 is 0 Å². The molecule has 0 aliphatic heterocycles. The second kappa shape index (κ2) is 3.56. The molecule has 17 heavy (non-hydrogen) atoms. The summed E-state index contributed by atoms with van der Waals surface area (Å²) in [6.07, 6.45) is 2.24. The minimum atomic E-state index is -3.54. The predicted octanol–water partition coefficient (Wildman–Crippen LogP) is 1.29. The van der Waals surface area contributed by atoms with Crippen LogP contribution in [-0.2, 0) is 10.0 Å². The SMILES string of the molecule is CS(=O)(=O)n1ccc2cc(F)c(C(=O)O)cc21. The lowest BCUT2D eigenvalue weighted by Gasteiger charge is -2.03. The molecule has 90 valence electrons. The minimum absolute atomic E-state index is 0.145. The van der Waals surface area contributed by atoms with E-state index in [1.54, 1.807) is 0 Å². The third-order valence-electron chi connectivity index (χ3n) is 2.33. The second-order valence-electron chi connectivity index (χ2n) is 3.57. The molecule has 0 unspecified atom stereocenters. The molecule has 7 heteroatoms. The molecule has 0 saturated carbocycles. The van der Waals surface area contributed by atoms with Crippen molar-refractivity contribution in [2.24, 2.45) is 0 Å². The Hall–Kier alpha value is -1.89. The van der Waals surface area contributed by atoms with Crippen molar-refractivity contribution in [3.8, 4) is 0 Å². The lowest BCUT2D eigenvalue weighted by molar-refractivity contribution is 0.0692. The van der Waals surface area contributed by atoms with Gasteiger partial charge in [0.15, 0.2) is 0 Å². The highest BCUT2D eigenvalue weighted by atomic mass is 32.2. The van der Waals surface area contributed by atoms with E-state index in [2.05, 4.69) is 0 Å². The van der Waals surface area contributed by atoms with Crippen LogP contribution in [0.5, 0.6) is 0 Å². The number of aromatic nitrogens is 1. The van der Waals surface area contributed by atoms with Gasteiger partial charge in [-0.3, -0.25) is 0 Å². The van der Waals surface area contributed by atoms with Crippen molar-refractivity contribution in [2.75, 3.05) is 6.26 Å². The molecule has 0 aliphatic rings. The van der Waals surface area contributed by atoms with Crippen molar-refractivity contribution < 1.29 is 22.7 Å². The molecule has 0 radical (unpaired) electrons. The maximum atomic E-state index is 13.3. The number of hydrogen-bond donors (Lipinski definition) is 1. The van der Waals surface area contributed by atoms with Crippen molar-refractivity contribution >= 4 is 26.9 Å². The summed E-state index contributed by atoms with van der Waals surface area (Å²) in [5, 5.41) is 9.09. The van der Waals surface area contributed by atoms with E-state index in [-0.39, 0.29) is 5.52 Å². The van der Waals surface area contributed by atoms with Crippen LogP contribution in [0, 0.1) is 5.82 Å². The van der Waals surface area contributed by atoms with E-state index >= 15 is 0 Å². The Bertz CT molecular complexity index is 717.